The van der Waals surface area contributed by atoms with Crippen LogP contribution in [0.2, 0.25) is 0 Å². The molecule has 0 atom stereocenters. The molecule has 0 radical (unpaired) electrons. The largest absolute Gasteiger partial charge is 0.241 e. The Morgan fingerprint density at radius 1 is 1.06 bits per heavy atom. The number of thioether (sulfide) groups is 1. The molecule has 92 valence electrons. The second kappa shape index (κ2) is 6.36. The second-order valence-corrected chi connectivity index (χ2v) is 4.95. The zero-order valence-corrected chi connectivity index (χ0v) is 11.0. The van der Waals surface area contributed by atoms with Gasteiger partial charge in [0.05, 0.1) is 5.69 Å². The Labute approximate surface area is 111 Å². The Balaban J connectivity index is 2.33. The Bertz CT molecular complexity index is 520. The lowest BCUT2D eigenvalue weighted by molar-refractivity contribution is 0.628. The summed E-state index contributed by atoms with van der Waals surface area (Å²) in [6.45, 7) is 2.08. The third-order valence-electron chi connectivity index (χ3n) is 2.36. The summed E-state index contributed by atoms with van der Waals surface area (Å²) in [5.74, 6) is 0.711. The van der Waals surface area contributed by atoms with Crippen molar-refractivity contribution in [2.24, 2.45) is 4.99 Å². The fourth-order valence-electron chi connectivity index (χ4n) is 1.53. The molecule has 0 aliphatic heterocycles. The minimum absolute atomic E-state index is 0.223. The molecule has 0 saturated carbocycles. The molecular weight excluding hydrogens is 245 g/mol. The first-order valence-corrected chi connectivity index (χ1v) is 6.80. The Hall–Kier alpha value is -1.61. The highest BCUT2D eigenvalue weighted by molar-refractivity contribution is 8.14. The van der Waals surface area contributed by atoms with Crippen molar-refractivity contribution in [1.29, 1.82) is 0 Å². The normalized spacial score (nSPS) is 11.6. The highest BCUT2D eigenvalue weighted by Gasteiger charge is 2.04. The smallest absolute Gasteiger partial charge is 0.123 e. The van der Waals surface area contributed by atoms with Crippen molar-refractivity contribution in [1.82, 2.24) is 0 Å². The number of benzene rings is 2. The lowest BCUT2D eigenvalue weighted by atomic mass is 10.2. The number of hydrogen-bond acceptors (Lipinski definition) is 2. The van der Waals surface area contributed by atoms with Crippen LogP contribution in [0.15, 0.2) is 59.6 Å². The van der Waals surface area contributed by atoms with E-state index in [1.165, 1.54) is 12.1 Å². The van der Waals surface area contributed by atoms with Gasteiger partial charge in [-0.05, 0) is 42.2 Å². The molecule has 2 aromatic carbocycles. The van der Waals surface area contributed by atoms with Gasteiger partial charge in [-0.15, -0.1) is 11.8 Å². The molecule has 0 aliphatic carbocycles. The predicted molar refractivity (Wildman–Crippen MR) is 77.2 cm³/mol. The maximum Gasteiger partial charge on any atom is 0.123 e. The maximum atomic E-state index is 12.9. The molecule has 3 heteroatoms. The number of rotatable bonds is 3. The van der Waals surface area contributed by atoms with Crippen molar-refractivity contribution in [3.8, 4) is 0 Å². The second-order valence-electron chi connectivity index (χ2n) is 3.69. The number of aliphatic imine (C=N–C) groups is 1. The van der Waals surface area contributed by atoms with E-state index in [1.54, 1.807) is 23.9 Å². The molecule has 1 nitrogen and oxygen atoms in total. The Kier molecular flexibility index (Phi) is 4.53. The molecule has 0 heterocycles. The summed E-state index contributed by atoms with van der Waals surface area (Å²) in [6.07, 6.45) is 0. The first-order chi connectivity index (χ1) is 8.79. The molecule has 18 heavy (non-hydrogen) atoms. The standard InChI is InChI=1S/C15H14FNS/c1-2-18-15(12-8-10-13(16)11-9-12)17-14-6-4-3-5-7-14/h3-11H,2H2,1H3/b17-15+. The topological polar surface area (TPSA) is 12.4 Å². The third-order valence-corrected chi connectivity index (χ3v) is 3.25. The minimum Gasteiger partial charge on any atom is -0.241 e. The third kappa shape index (κ3) is 3.44. The summed E-state index contributed by atoms with van der Waals surface area (Å²) < 4.78 is 12.9. The van der Waals surface area contributed by atoms with Crippen LogP contribution in [0, 0.1) is 5.82 Å². The molecule has 0 aliphatic rings. The fraction of sp³-hybridized carbons (Fsp3) is 0.133. The minimum atomic E-state index is -0.223. The van der Waals surface area contributed by atoms with Gasteiger partial charge in [0, 0.05) is 5.56 Å². The van der Waals surface area contributed by atoms with Crippen LogP contribution in [0.1, 0.15) is 12.5 Å². The van der Waals surface area contributed by atoms with Crippen molar-refractivity contribution in [3.05, 3.63) is 66.0 Å². The van der Waals surface area contributed by atoms with Gasteiger partial charge in [-0.25, -0.2) is 9.38 Å². The number of halogens is 1. The maximum absolute atomic E-state index is 12.9. The van der Waals surface area contributed by atoms with Crippen LogP contribution in [0.25, 0.3) is 0 Å². The van der Waals surface area contributed by atoms with Crippen molar-refractivity contribution in [3.63, 3.8) is 0 Å². The van der Waals surface area contributed by atoms with E-state index in [-0.39, 0.29) is 5.82 Å². The van der Waals surface area contributed by atoms with E-state index in [0.717, 1.165) is 22.0 Å². The molecule has 0 saturated heterocycles. The van der Waals surface area contributed by atoms with Gasteiger partial charge in [0.1, 0.15) is 10.9 Å². The van der Waals surface area contributed by atoms with E-state index in [4.69, 9.17) is 0 Å². The highest BCUT2D eigenvalue weighted by Crippen LogP contribution is 2.20. The quantitative estimate of drug-likeness (QED) is 0.577. The average molecular weight is 259 g/mol. The highest BCUT2D eigenvalue weighted by atomic mass is 32.2. The summed E-state index contributed by atoms with van der Waals surface area (Å²) in [7, 11) is 0. The lowest BCUT2D eigenvalue weighted by Gasteiger charge is -2.05. The van der Waals surface area contributed by atoms with Crippen molar-refractivity contribution in [2.45, 2.75) is 6.92 Å². The monoisotopic (exact) mass is 259 g/mol. The zero-order valence-electron chi connectivity index (χ0n) is 10.1. The van der Waals surface area contributed by atoms with Crippen LogP contribution in [0.5, 0.6) is 0 Å². The van der Waals surface area contributed by atoms with Crippen LogP contribution in [0.4, 0.5) is 10.1 Å². The Morgan fingerprint density at radius 2 is 1.72 bits per heavy atom. The molecule has 0 fully saturated rings. The molecular formula is C15H14FNS. The first kappa shape index (κ1) is 12.8. The van der Waals surface area contributed by atoms with Crippen LogP contribution < -0.4 is 0 Å². The van der Waals surface area contributed by atoms with Gasteiger partial charge in [-0.3, -0.25) is 0 Å². The van der Waals surface area contributed by atoms with Crippen LogP contribution >= 0.6 is 11.8 Å². The molecule has 0 amide bonds. The van der Waals surface area contributed by atoms with E-state index < -0.39 is 0 Å². The summed E-state index contributed by atoms with van der Waals surface area (Å²) in [6, 6.07) is 16.2. The van der Waals surface area contributed by atoms with E-state index in [9.17, 15) is 4.39 Å². The van der Waals surface area contributed by atoms with E-state index in [2.05, 4.69) is 11.9 Å². The molecule has 0 bridgehead atoms. The van der Waals surface area contributed by atoms with Crippen molar-refractivity contribution >= 4 is 22.5 Å². The summed E-state index contributed by atoms with van der Waals surface area (Å²) in [4.78, 5) is 4.61. The summed E-state index contributed by atoms with van der Waals surface area (Å²) in [5, 5.41) is 0.920. The summed E-state index contributed by atoms with van der Waals surface area (Å²) in [5.41, 5.74) is 1.87. The van der Waals surface area contributed by atoms with E-state index in [1.807, 2.05) is 30.3 Å². The van der Waals surface area contributed by atoms with Crippen LogP contribution in [-0.2, 0) is 0 Å². The molecule has 0 unspecified atom stereocenters. The lowest BCUT2D eigenvalue weighted by Crippen LogP contribution is -1.96. The fourth-order valence-corrected chi connectivity index (χ4v) is 2.28. The van der Waals surface area contributed by atoms with Crippen molar-refractivity contribution in [2.75, 3.05) is 5.75 Å². The van der Waals surface area contributed by atoms with Gasteiger partial charge < -0.3 is 0 Å². The van der Waals surface area contributed by atoms with E-state index >= 15 is 0 Å². The van der Waals surface area contributed by atoms with Gasteiger partial charge in [-0.2, -0.15) is 0 Å². The predicted octanol–water partition coefficient (Wildman–Crippen LogP) is 4.66. The number of para-hydroxylation sites is 1. The molecule has 2 rings (SSSR count). The van der Waals surface area contributed by atoms with Gasteiger partial charge in [0.2, 0.25) is 0 Å². The SMILES string of the molecule is CCS/C(=N/c1ccccc1)c1ccc(F)cc1. The summed E-state index contributed by atoms with van der Waals surface area (Å²) >= 11 is 1.66. The zero-order chi connectivity index (χ0) is 12.8. The molecule has 2 aromatic rings. The van der Waals surface area contributed by atoms with Crippen LogP contribution in [0.3, 0.4) is 0 Å². The number of hydrogen-bond donors (Lipinski definition) is 0. The van der Waals surface area contributed by atoms with Gasteiger partial charge >= 0.3 is 0 Å². The van der Waals surface area contributed by atoms with Gasteiger partial charge in [0.25, 0.3) is 0 Å². The first-order valence-electron chi connectivity index (χ1n) is 5.82. The number of nitrogens with zero attached hydrogens (tertiary/aromatic N) is 1. The van der Waals surface area contributed by atoms with Gasteiger partial charge in [0.15, 0.2) is 0 Å². The molecule has 0 aromatic heterocycles. The van der Waals surface area contributed by atoms with Crippen molar-refractivity contribution < 1.29 is 4.39 Å². The van der Waals surface area contributed by atoms with Gasteiger partial charge in [-0.1, -0.05) is 25.1 Å². The van der Waals surface area contributed by atoms with E-state index in [0.29, 0.717) is 0 Å². The van der Waals surface area contributed by atoms with Crippen LogP contribution in [-0.4, -0.2) is 10.8 Å². The Morgan fingerprint density at radius 3 is 2.33 bits per heavy atom. The molecule has 0 spiro atoms. The average Bonchev–Trinajstić information content (AvgIpc) is 2.40. The molecule has 0 N–H and O–H groups in total.